The van der Waals surface area contributed by atoms with E-state index in [4.69, 9.17) is 5.11 Å². The molecule has 0 radical (unpaired) electrons. The van der Waals surface area contributed by atoms with Crippen LogP contribution in [0.15, 0.2) is 23.1 Å². The fourth-order valence-corrected chi connectivity index (χ4v) is 3.45. The molecule has 0 spiro atoms. The van der Waals surface area contributed by atoms with Gasteiger partial charge in [-0.25, -0.2) is 17.5 Å². The summed E-state index contributed by atoms with van der Waals surface area (Å²) < 4.78 is 26.6. The topological polar surface area (TPSA) is 74.7 Å². The Labute approximate surface area is 126 Å². The van der Waals surface area contributed by atoms with Crippen LogP contribution in [-0.2, 0) is 16.4 Å². The van der Waals surface area contributed by atoms with E-state index in [9.17, 15) is 13.2 Å². The van der Waals surface area contributed by atoms with Gasteiger partial charge in [-0.05, 0) is 36.5 Å². The van der Waals surface area contributed by atoms with Gasteiger partial charge in [0.1, 0.15) is 0 Å². The summed E-state index contributed by atoms with van der Waals surface area (Å²) >= 11 is 0. The summed E-state index contributed by atoms with van der Waals surface area (Å²) in [5.74, 6) is -0.724. The minimum atomic E-state index is -3.66. The summed E-state index contributed by atoms with van der Waals surface area (Å²) in [6, 6.07) is 4.27. The second-order valence-corrected chi connectivity index (χ2v) is 7.50. The molecular formula is C15H23NO4S. The van der Waals surface area contributed by atoms with Crippen molar-refractivity contribution < 1.29 is 18.3 Å². The van der Waals surface area contributed by atoms with Crippen LogP contribution < -0.4 is 0 Å². The van der Waals surface area contributed by atoms with Crippen molar-refractivity contribution in [2.45, 2.75) is 38.5 Å². The van der Waals surface area contributed by atoms with E-state index in [1.165, 1.54) is 23.5 Å². The molecule has 5 nitrogen and oxygen atoms in total. The van der Waals surface area contributed by atoms with Gasteiger partial charge in [-0.2, -0.15) is 0 Å². The number of carbonyl (C=O) groups is 1. The molecule has 1 aromatic rings. The average Bonchev–Trinajstić information content (AvgIpc) is 2.43. The molecule has 21 heavy (non-hydrogen) atoms. The van der Waals surface area contributed by atoms with E-state index in [0.29, 0.717) is 24.4 Å². The van der Waals surface area contributed by atoms with Crippen molar-refractivity contribution >= 4 is 16.0 Å². The highest BCUT2D eigenvalue weighted by Crippen LogP contribution is 2.22. The van der Waals surface area contributed by atoms with Crippen LogP contribution in [0.2, 0.25) is 0 Å². The number of benzene rings is 1. The van der Waals surface area contributed by atoms with E-state index < -0.39 is 16.0 Å². The first-order valence-electron chi connectivity index (χ1n) is 7.02. The maximum absolute atomic E-state index is 12.6. The third-order valence-corrected chi connectivity index (χ3v) is 5.34. The third-order valence-electron chi connectivity index (χ3n) is 3.40. The first kappa shape index (κ1) is 17.7. The zero-order chi connectivity index (χ0) is 16.2. The van der Waals surface area contributed by atoms with E-state index in [1.54, 1.807) is 6.07 Å². The summed E-state index contributed by atoms with van der Waals surface area (Å²) in [4.78, 5) is 11.1. The van der Waals surface area contributed by atoms with Crippen molar-refractivity contribution in [3.63, 3.8) is 0 Å². The number of hydrogen-bond donors (Lipinski definition) is 1. The van der Waals surface area contributed by atoms with E-state index in [0.717, 1.165) is 6.42 Å². The number of carboxylic acid groups (broad SMARTS) is 1. The number of hydrogen-bond acceptors (Lipinski definition) is 3. The lowest BCUT2D eigenvalue weighted by Crippen LogP contribution is -2.29. The molecule has 6 heteroatoms. The second kappa shape index (κ2) is 7.04. The smallest absolute Gasteiger partial charge is 0.335 e. The predicted octanol–water partition coefficient (Wildman–Crippen LogP) is 2.61. The monoisotopic (exact) mass is 313 g/mol. The van der Waals surface area contributed by atoms with Crippen LogP contribution in [0.1, 0.15) is 43.1 Å². The van der Waals surface area contributed by atoms with Crippen molar-refractivity contribution in [2.24, 2.45) is 5.92 Å². The molecule has 0 saturated heterocycles. The van der Waals surface area contributed by atoms with Crippen LogP contribution in [0.3, 0.4) is 0 Å². The summed E-state index contributed by atoms with van der Waals surface area (Å²) in [6.07, 6.45) is 1.29. The molecule has 0 aromatic heterocycles. The molecule has 1 rings (SSSR count). The van der Waals surface area contributed by atoms with Gasteiger partial charge in [0.15, 0.2) is 0 Å². The normalized spacial score (nSPS) is 12.1. The molecule has 0 aliphatic carbocycles. The molecule has 1 N–H and O–H groups in total. The number of aromatic carboxylic acids is 1. The van der Waals surface area contributed by atoms with Crippen LogP contribution in [-0.4, -0.2) is 37.4 Å². The zero-order valence-corrected chi connectivity index (χ0v) is 13.8. The highest BCUT2D eigenvalue weighted by atomic mass is 32.2. The quantitative estimate of drug-likeness (QED) is 0.839. The minimum absolute atomic E-state index is 0.0111. The molecule has 0 aliphatic rings. The molecule has 0 amide bonds. The van der Waals surface area contributed by atoms with Crippen LogP contribution in [0.25, 0.3) is 0 Å². The maximum Gasteiger partial charge on any atom is 0.335 e. The molecular weight excluding hydrogens is 290 g/mol. The lowest BCUT2D eigenvalue weighted by molar-refractivity contribution is 0.0696. The molecule has 0 unspecified atom stereocenters. The van der Waals surface area contributed by atoms with Crippen molar-refractivity contribution in [2.75, 3.05) is 13.6 Å². The van der Waals surface area contributed by atoms with Gasteiger partial charge >= 0.3 is 5.97 Å². The Hall–Kier alpha value is -1.40. The van der Waals surface area contributed by atoms with Gasteiger partial charge < -0.3 is 5.11 Å². The summed E-state index contributed by atoms with van der Waals surface area (Å²) in [6.45, 7) is 6.33. The Balaban J connectivity index is 3.22. The average molecular weight is 313 g/mol. The minimum Gasteiger partial charge on any atom is -0.478 e. The Morgan fingerprint density at radius 3 is 2.43 bits per heavy atom. The van der Waals surface area contributed by atoms with Gasteiger partial charge in [0, 0.05) is 13.6 Å². The molecule has 118 valence electrons. The standard InChI is InChI=1S/C15H23NO4S/c1-5-12-6-7-13(15(17)18)10-14(12)21(19,20)16(4)9-8-11(2)3/h6-7,10-11H,5,8-9H2,1-4H3,(H,17,18). The van der Waals surface area contributed by atoms with Gasteiger partial charge in [0.25, 0.3) is 0 Å². The van der Waals surface area contributed by atoms with Crippen molar-refractivity contribution in [1.29, 1.82) is 0 Å². The molecule has 1 aromatic carbocycles. The molecule has 0 heterocycles. The van der Waals surface area contributed by atoms with Gasteiger partial charge in [-0.15, -0.1) is 0 Å². The van der Waals surface area contributed by atoms with Crippen LogP contribution >= 0.6 is 0 Å². The molecule has 0 bridgehead atoms. The highest BCUT2D eigenvalue weighted by molar-refractivity contribution is 7.89. The van der Waals surface area contributed by atoms with E-state index in [2.05, 4.69) is 0 Å². The Bertz CT molecular complexity index is 608. The van der Waals surface area contributed by atoms with Gasteiger partial charge in [-0.3, -0.25) is 0 Å². The number of sulfonamides is 1. The lowest BCUT2D eigenvalue weighted by atomic mass is 10.1. The van der Waals surface area contributed by atoms with Gasteiger partial charge in [0.2, 0.25) is 10.0 Å². The number of aryl methyl sites for hydroxylation is 1. The highest BCUT2D eigenvalue weighted by Gasteiger charge is 2.24. The molecule has 0 aliphatic heterocycles. The Morgan fingerprint density at radius 1 is 1.33 bits per heavy atom. The fraction of sp³-hybridized carbons (Fsp3) is 0.533. The van der Waals surface area contributed by atoms with Crippen LogP contribution in [0.4, 0.5) is 0 Å². The lowest BCUT2D eigenvalue weighted by Gasteiger charge is -2.20. The molecule has 0 atom stereocenters. The third kappa shape index (κ3) is 4.28. The first-order valence-corrected chi connectivity index (χ1v) is 8.46. The number of nitrogens with zero attached hydrogens (tertiary/aromatic N) is 1. The van der Waals surface area contributed by atoms with Gasteiger partial charge in [-0.1, -0.05) is 26.8 Å². The second-order valence-electron chi connectivity index (χ2n) is 5.49. The number of carboxylic acids is 1. The largest absolute Gasteiger partial charge is 0.478 e. The Kier molecular flexibility index (Phi) is 5.92. The maximum atomic E-state index is 12.6. The molecule has 0 saturated carbocycles. The molecule has 0 fully saturated rings. The van der Waals surface area contributed by atoms with Crippen LogP contribution in [0.5, 0.6) is 0 Å². The Morgan fingerprint density at radius 2 is 1.95 bits per heavy atom. The summed E-state index contributed by atoms with van der Waals surface area (Å²) in [7, 11) is -2.13. The van der Waals surface area contributed by atoms with Gasteiger partial charge in [0.05, 0.1) is 10.5 Å². The van der Waals surface area contributed by atoms with Crippen LogP contribution in [0, 0.1) is 5.92 Å². The fourth-order valence-electron chi connectivity index (χ4n) is 1.95. The number of rotatable bonds is 7. The summed E-state index contributed by atoms with van der Waals surface area (Å²) in [5.41, 5.74) is 0.624. The van der Waals surface area contributed by atoms with Crippen molar-refractivity contribution in [3.05, 3.63) is 29.3 Å². The first-order chi connectivity index (χ1) is 9.70. The summed E-state index contributed by atoms with van der Waals surface area (Å²) in [5, 5.41) is 9.04. The van der Waals surface area contributed by atoms with E-state index in [1.807, 2.05) is 20.8 Å². The zero-order valence-electron chi connectivity index (χ0n) is 13.0. The van der Waals surface area contributed by atoms with E-state index >= 15 is 0 Å². The van der Waals surface area contributed by atoms with Crippen molar-refractivity contribution in [1.82, 2.24) is 4.31 Å². The van der Waals surface area contributed by atoms with Crippen molar-refractivity contribution in [3.8, 4) is 0 Å². The van der Waals surface area contributed by atoms with E-state index in [-0.39, 0.29) is 10.5 Å². The predicted molar refractivity (Wildman–Crippen MR) is 82.1 cm³/mol. The SMILES string of the molecule is CCc1ccc(C(=O)O)cc1S(=O)(=O)N(C)CCC(C)C.